The second-order valence-electron chi connectivity index (χ2n) is 17.3. The summed E-state index contributed by atoms with van der Waals surface area (Å²) in [5, 5.41) is 0. The molecule has 0 saturated carbocycles. The highest BCUT2D eigenvalue weighted by molar-refractivity contribution is 7.47. The van der Waals surface area contributed by atoms with Crippen LogP contribution in [-0.2, 0) is 32.7 Å². The Kier molecular flexibility index (Phi) is 51.0. The highest BCUT2D eigenvalue weighted by atomic mass is 31.2. The Bertz CT molecular complexity index is 1540. The molecule has 0 aliphatic heterocycles. The summed E-state index contributed by atoms with van der Waals surface area (Å²) in [7, 11) is -4.40. The Morgan fingerprint density at radius 3 is 1.12 bits per heavy atom. The van der Waals surface area contributed by atoms with Crippen molar-refractivity contribution in [2.75, 3.05) is 26.4 Å². The zero-order valence-electron chi connectivity index (χ0n) is 43.5. The average Bonchev–Trinajstić information content (AvgIpc) is 3.34. The molecule has 0 amide bonds. The lowest BCUT2D eigenvalue weighted by molar-refractivity contribution is -0.161. The van der Waals surface area contributed by atoms with E-state index in [1.165, 1.54) is 57.8 Å². The van der Waals surface area contributed by atoms with Gasteiger partial charge in [-0.3, -0.25) is 18.6 Å². The van der Waals surface area contributed by atoms with Crippen molar-refractivity contribution in [2.24, 2.45) is 5.73 Å². The van der Waals surface area contributed by atoms with Crippen molar-refractivity contribution < 1.29 is 37.6 Å². The molecule has 0 rings (SSSR count). The maximum absolute atomic E-state index is 12.7. The van der Waals surface area contributed by atoms with Gasteiger partial charge in [-0.1, -0.05) is 212 Å². The summed E-state index contributed by atoms with van der Waals surface area (Å²) in [5.41, 5.74) is 5.37. The van der Waals surface area contributed by atoms with Crippen molar-refractivity contribution in [2.45, 2.75) is 213 Å². The van der Waals surface area contributed by atoms with Crippen LogP contribution in [0.4, 0.5) is 0 Å². The van der Waals surface area contributed by atoms with Crippen molar-refractivity contribution in [3.05, 3.63) is 122 Å². The van der Waals surface area contributed by atoms with E-state index in [2.05, 4.69) is 135 Å². The zero-order chi connectivity index (χ0) is 50.2. The summed E-state index contributed by atoms with van der Waals surface area (Å²) in [6, 6.07) is 0. The highest BCUT2D eigenvalue weighted by Gasteiger charge is 2.26. The van der Waals surface area contributed by atoms with Crippen LogP contribution in [0, 0.1) is 0 Å². The summed E-state index contributed by atoms with van der Waals surface area (Å²) in [6.45, 7) is 3.47. The summed E-state index contributed by atoms with van der Waals surface area (Å²) in [4.78, 5) is 35.1. The largest absolute Gasteiger partial charge is 0.472 e. The normalized spacial score (nSPS) is 14.1. The number of carbonyl (C=O) groups is 2. The van der Waals surface area contributed by atoms with E-state index in [-0.39, 0.29) is 32.6 Å². The van der Waals surface area contributed by atoms with E-state index < -0.39 is 32.5 Å². The Morgan fingerprint density at radius 1 is 0.435 bits per heavy atom. The number of phosphoric acid groups is 1. The number of ether oxygens (including phenoxy) is 2. The molecular weight excluding hydrogens is 882 g/mol. The van der Waals surface area contributed by atoms with Gasteiger partial charge in [0.05, 0.1) is 13.2 Å². The SMILES string of the molecule is CC/C=C\C/C=C\C/C=C\C/C=C\C/C=C\C/C=C\CCCCCCC(=O)OC(COC(=O)CCCCCCCCCCCCCC/C=C\C/C=C\C/C=C\C/C=C\CC)COP(=O)(O)OCCN. The van der Waals surface area contributed by atoms with Gasteiger partial charge in [0.25, 0.3) is 0 Å². The summed E-state index contributed by atoms with van der Waals surface area (Å²) >= 11 is 0. The minimum Gasteiger partial charge on any atom is -0.462 e. The maximum atomic E-state index is 12.7. The number of unbranched alkanes of at least 4 members (excludes halogenated alkanes) is 16. The number of hydrogen-bond donors (Lipinski definition) is 2. The predicted molar refractivity (Wildman–Crippen MR) is 293 cm³/mol. The lowest BCUT2D eigenvalue weighted by atomic mass is 10.0. The molecule has 0 aromatic rings. The fraction of sp³-hybridized carbons (Fsp3) is 0.627. The van der Waals surface area contributed by atoms with Crippen molar-refractivity contribution >= 4 is 19.8 Å². The van der Waals surface area contributed by atoms with E-state index in [0.29, 0.717) is 6.42 Å². The number of phosphoric ester groups is 1. The first-order chi connectivity index (χ1) is 33.8. The first-order valence-electron chi connectivity index (χ1n) is 27.0. The zero-order valence-corrected chi connectivity index (χ0v) is 44.4. The fourth-order valence-electron chi connectivity index (χ4n) is 6.92. The van der Waals surface area contributed by atoms with Crippen LogP contribution >= 0.6 is 7.82 Å². The van der Waals surface area contributed by atoms with E-state index in [9.17, 15) is 19.0 Å². The Labute approximate surface area is 421 Å². The smallest absolute Gasteiger partial charge is 0.462 e. The molecule has 2 atom stereocenters. The first-order valence-corrected chi connectivity index (χ1v) is 28.5. The van der Waals surface area contributed by atoms with Crippen molar-refractivity contribution in [1.82, 2.24) is 0 Å². The van der Waals surface area contributed by atoms with Gasteiger partial charge in [0.1, 0.15) is 6.61 Å². The molecule has 10 heteroatoms. The first kappa shape index (κ1) is 65.4. The predicted octanol–water partition coefficient (Wildman–Crippen LogP) is 16.8. The van der Waals surface area contributed by atoms with Gasteiger partial charge in [-0.25, -0.2) is 4.57 Å². The molecule has 0 bridgehead atoms. The molecular formula is C59H98NO8P. The molecule has 0 saturated heterocycles. The molecule has 2 unspecified atom stereocenters. The summed E-state index contributed by atoms with van der Waals surface area (Å²) in [5.74, 6) is -0.867. The number of carbonyl (C=O) groups excluding carboxylic acids is 2. The molecule has 0 aliphatic rings. The van der Waals surface area contributed by atoms with E-state index >= 15 is 0 Å². The molecule has 69 heavy (non-hydrogen) atoms. The third-order valence-electron chi connectivity index (χ3n) is 10.8. The maximum Gasteiger partial charge on any atom is 0.472 e. The standard InChI is InChI=1S/C59H98NO8P/c1-3-5-7-9-11-13-15-17-19-21-23-25-27-28-30-31-33-35-37-39-41-43-45-47-49-51-58(61)65-55-57(56-67-69(63,64)66-54-53-60)68-59(62)52-50-48-46-44-42-40-38-36-34-32-29-26-24-22-20-18-16-14-12-10-8-6-4-2/h5-8,11-14,17-20,23-26,32,34,38,40,57H,3-4,9-10,15-16,21-22,27-31,33,35-37,39,41-56,60H2,1-2H3,(H,63,64)/b7-5-,8-6-,13-11-,14-12-,19-17-,20-18-,25-23-,26-24-,34-32-,40-38-. The van der Waals surface area contributed by atoms with Crippen LogP contribution in [0.15, 0.2) is 122 Å². The Hall–Kier alpha value is -3.59. The number of rotatable bonds is 49. The van der Waals surface area contributed by atoms with Crippen molar-refractivity contribution in [3.63, 3.8) is 0 Å². The Morgan fingerprint density at radius 2 is 0.754 bits per heavy atom. The molecule has 392 valence electrons. The van der Waals surface area contributed by atoms with Gasteiger partial charge in [0.15, 0.2) is 6.10 Å². The molecule has 0 aromatic heterocycles. The molecule has 3 N–H and O–H groups in total. The number of nitrogens with two attached hydrogens (primary N) is 1. The van der Waals surface area contributed by atoms with Gasteiger partial charge < -0.3 is 20.1 Å². The summed E-state index contributed by atoms with van der Waals surface area (Å²) < 4.78 is 33.0. The van der Waals surface area contributed by atoms with Crippen LogP contribution in [-0.4, -0.2) is 49.3 Å². The van der Waals surface area contributed by atoms with Crippen LogP contribution in [0.25, 0.3) is 0 Å². The van der Waals surface area contributed by atoms with Crippen molar-refractivity contribution in [3.8, 4) is 0 Å². The van der Waals surface area contributed by atoms with Gasteiger partial charge in [-0.15, -0.1) is 0 Å². The Balaban J connectivity index is 4.10. The van der Waals surface area contributed by atoms with Crippen molar-refractivity contribution in [1.29, 1.82) is 0 Å². The lowest BCUT2D eigenvalue weighted by Crippen LogP contribution is -2.29. The van der Waals surface area contributed by atoms with Crippen LogP contribution < -0.4 is 5.73 Å². The molecule has 0 heterocycles. The molecule has 0 fully saturated rings. The minimum absolute atomic E-state index is 0.0420. The van der Waals surface area contributed by atoms with Crippen LogP contribution in [0.5, 0.6) is 0 Å². The average molecular weight is 980 g/mol. The fourth-order valence-corrected chi connectivity index (χ4v) is 7.69. The van der Waals surface area contributed by atoms with Gasteiger partial charge in [0, 0.05) is 19.4 Å². The number of allylic oxidation sites excluding steroid dienone is 20. The highest BCUT2D eigenvalue weighted by Crippen LogP contribution is 2.43. The van der Waals surface area contributed by atoms with E-state index in [0.717, 1.165) is 116 Å². The van der Waals surface area contributed by atoms with Crippen LogP contribution in [0.1, 0.15) is 206 Å². The van der Waals surface area contributed by atoms with E-state index in [1.54, 1.807) is 0 Å². The van der Waals surface area contributed by atoms with E-state index in [1.807, 2.05) is 0 Å². The topological polar surface area (TPSA) is 134 Å². The molecule has 0 aromatic carbocycles. The quantitative estimate of drug-likeness (QED) is 0.0264. The number of esters is 2. The summed E-state index contributed by atoms with van der Waals surface area (Å²) in [6.07, 6.45) is 73.8. The lowest BCUT2D eigenvalue weighted by Gasteiger charge is -2.19. The van der Waals surface area contributed by atoms with E-state index in [4.69, 9.17) is 24.3 Å². The van der Waals surface area contributed by atoms with Gasteiger partial charge in [0.2, 0.25) is 0 Å². The third kappa shape index (κ3) is 53.6. The van der Waals surface area contributed by atoms with Gasteiger partial charge >= 0.3 is 19.8 Å². The van der Waals surface area contributed by atoms with Gasteiger partial charge in [-0.2, -0.15) is 0 Å². The minimum atomic E-state index is -4.40. The number of hydrogen-bond acceptors (Lipinski definition) is 8. The molecule has 0 spiro atoms. The third-order valence-corrected chi connectivity index (χ3v) is 11.8. The molecule has 0 aliphatic carbocycles. The monoisotopic (exact) mass is 980 g/mol. The van der Waals surface area contributed by atoms with Crippen LogP contribution in [0.3, 0.4) is 0 Å². The second-order valence-corrected chi connectivity index (χ2v) is 18.8. The molecule has 9 nitrogen and oxygen atoms in total. The molecule has 0 radical (unpaired) electrons. The second kappa shape index (κ2) is 53.8. The van der Waals surface area contributed by atoms with Crippen LogP contribution in [0.2, 0.25) is 0 Å². The van der Waals surface area contributed by atoms with Gasteiger partial charge in [-0.05, 0) is 103 Å².